The van der Waals surface area contributed by atoms with E-state index in [2.05, 4.69) is 5.32 Å². The fourth-order valence-electron chi connectivity index (χ4n) is 7.54. The molecule has 13 heteroatoms. The second-order valence-corrected chi connectivity index (χ2v) is 12.8. The molecule has 0 aliphatic heterocycles. The summed E-state index contributed by atoms with van der Waals surface area (Å²) in [5, 5.41) is 26.0. The first-order valence-corrected chi connectivity index (χ1v) is 14.6. The number of amides is 1. The first kappa shape index (κ1) is 32.3. The average molecular weight is 630 g/mol. The number of anilines is 1. The lowest BCUT2D eigenvalue weighted by atomic mass is 9.49. The maximum Gasteiger partial charge on any atom is 0.235 e. The van der Waals surface area contributed by atoms with Gasteiger partial charge < -0.3 is 26.2 Å². The van der Waals surface area contributed by atoms with Crippen LogP contribution in [0.25, 0.3) is 0 Å². The van der Waals surface area contributed by atoms with Crippen LogP contribution in [0.5, 0.6) is 5.75 Å². The summed E-state index contributed by atoms with van der Waals surface area (Å²) in [5.74, 6) is -17.0. The molecule has 0 aromatic heterocycles. The summed E-state index contributed by atoms with van der Waals surface area (Å²) in [4.78, 5) is 68.8. The highest BCUT2D eigenvalue weighted by Gasteiger charge is 2.69. The lowest BCUT2D eigenvalue weighted by Crippen LogP contribution is -2.71. The summed E-state index contributed by atoms with van der Waals surface area (Å²) in [6.07, 6.45) is 0.0744. The molecule has 2 unspecified atom stereocenters. The fourth-order valence-corrected chi connectivity index (χ4v) is 7.54. The van der Waals surface area contributed by atoms with Gasteiger partial charge in [0.1, 0.15) is 5.75 Å². The largest absolute Gasteiger partial charge is 0.507 e. The zero-order chi connectivity index (χ0) is 33.3. The van der Waals surface area contributed by atoms with Gasteiger partial charge in [-0.15, -0.1) is 0 Å². The molecule has 2 fully saturated rings. The first-order valence-electron chi connectivity index (χ1n) is 14.6. The van der Waals surface area contributed by atoms with Gasteiger partial charge in [-0.1, -0.05) is 13.8 Å². The zero-order valence-electron chi connectivity index (χ0n) is 25.1. The number of primary amides is 1. The Morgan fingerprint density at radius 2 is 1.69 bits per heavy atom. The van der Waals surface area contributed by atoms with Crippen molar-refractivity contribution in [1.82, 2.24) is 5.32 Å². The Morgan fingerprint density at radius 1 is 1.07 bits per heavy atom. The predicted molar refractivity (Wildman–Crippen MR) is 153 cm³/mol. The highest BCUT2D eigenvalue weighted by molar-refractivity contribution is 6.32. The molecule has 6 atom stereocenters. The van der Waals surface area contributed by atoms with Crippen molar-refractivity contribution in [1.29, 1.82) is 0 Å². The van der Waals surface area contributed by atoms with Gasteiger partial charge in [0.2, 0.25) is 5.91 Å². The first-order chi connectivity index (χ1) is 21.0. The Bertz CT molecular complexity index is 1640. The number of aromatic hydroxyl groups is 1. The third-order valence-electron chi connectivity index (χ3n) is 9.54. The molecule has 240 valence electrons. The number of Topliss-reactive ketones (excluding diaryl/α,β-unsaturated/α-hetero) is 4. The Labute approximate surface area is 256 Å². The molecular weight excluding hydrogens is 595 g/mol. The van der Waals surface area contributed by atoms with E-state index < -0.39 is 93.3 Å². The summed E-state index contributed by atoms with van der Waals surface area (Å²) in [6.45, 7) is 3.14. The van der Waals surface area contributed by atoms with E-state index in [4.69, 9.17) is 5.73 Å². The lowest BCUT2D eigenvalue weighted by molar-refractivity contribution is -0.182. The van der Waals surface area contributed by atoms with Crippen LogP contribution >= 0.6 is 0 Å². The van der Waals surface area contributed by atoms with Gasteiger partial charge in [0.05, 0.1) is 11.5 Å². The number of aliphatic hydroxyl groups is 1. The molecule has 0 heterocycles. The summed E-state index contributed by atoms with van der Waals surface area (Å²) >= 11 is 0. The molecule has 0 radical (unpaired) electrons. The Kier molecular flexibility index (Phi) is 8.15. The molecule has 5 rings (SSSR count). The number of nitrogens with two attached hydrogens (primary N) is 1. The van der Waals surface area contributed by atoms with Crippen LogP contribution in [0.2, 0.25) is 0 Å². The topological polar surface area (TPSA) is 167 Å². The van der Waals surface area contributed by atoms with Crippen LogP contribution < -0.4 is 16.0 Å². The number of rotatable bonds is 7. The Balaban J connectivity index is 1.53. The van der Waals surface area contributed by atoms with Crippen molar-refractivity contribution in [2.75, 3.05) is 19.0 Å². The van der Waals surface area contributed by atoms with Gasteiger partial charge in [0.15, 0.2) is 52.1 Å². The molecule has 0 saturated heterocycles. The van der Waals surface area contributed by atoms with Crippen molar-refractivity contribution in [2.45, 2.75) is 45.4 Å². The molecule has 1 amide bonds. The molecule has 2 saturated carbocycles. The van der Waals surface area contributed by atoms with Gasteiger partial charge in [0.25, 0.3) is 0 Å². The van der Waals surface area contributed by atoms with Crippen molar-refractivity contribution in [2.24, 2.45) is 41.2 Å². The normalized spacial score (nSPS) is 27.7. The van der Waals surface area contributed by atoms with E-state index in [1.807, 2.05) is 0 Å². The minimum atomic E-state index is -2.80. The van der Waals surface area contributed by atoms with E-state index in [9.17, 15) is 47.4 Å². The van der Waals surface area contributed by atoms with Gasteiger partial charge in [-0.3, -0.25) is 24.0 Å². The van der Waals surface area contributed by atoms with E-state index >= 15 is 0 Å². The number of benzene rings is 2. The highest BCUT2D eigenvalue weighted by atomic mass is 19.2. The number of nitrogens with one attached hydrogen (secondary N) is 1. The quantitative estimate of drug-likeness (QED) is 0.265. The molecular formula is C32H34F3N3O7. The van der Waals surface area contributed by atoms with Crippen LogP contribution in [0.1, 0.15) is 47.3 Å². The van der Waals surface area contributed by atoms with E-state index in [-0.39, 0.29) is 42.6 Å². The van der Waals surface area contributed by atoms with Crippen molar-refractivity contribution in [3.05, 3.63) is 57.9 Å². The van der Waals surface area contributed by atoms with E-state index in [1.54, 1.807) is 38.9 Å². The number of fused-ring (bicyclic) bond motifs is 3. The lowest BCUT2D eigenvalue weighted by Gasteiger charge is -2.52. The molecule has 2 aromatic rings. The van der Waals surface area contributed by atoms with Crippen LogP contribution in [0.3, 0.4) is 0 Å². The number of hydrogen-bond acceptors (Lipinski definition) is 9. The monoisotopic (exact) mass is 629 g/mol. The van der Waals surface area contributed by atoms with Crippen LogP contribution in [-0.2, 0) is 38.7 Å². The maximum absolute atomic E-state index is 14.1. The van der Waals surface area contributed by atoms with Crippen molar-refractivity contribution >= 4 is 34.7 Å². The number of halogens is 3. The average Bonchev–Trinajstić information content (AvgIpc) is 2.94. The standard InChI is InChI=1S/C32H34F3N3O7/c1-12(2)21-17-8-14-7-16-20(38(3)4)9-15(11-37-10-13-5-18(33)25(35)19(34)6-13)26(39)23(16)28(41)22(14)29(42)32(17,45)30(43)24(27(21)40)31(36)44/h5-6,9,12,14,17,21-22,24,37,39,45H,7-8,10-11H2,1-4H3,(H2,36,44)/t14-,17-,21-,22?,24?,32-/m0/s1. The summed E-state index contributed by atoms with van der Waals surface area (Å²) in [5.41, 5.74) is 3.70. The van der Waals surface area contributed by atoms with Crippen LogP contribution in [0.4, 0.5) is 18.9 Å². The molecule has 10 nitrogen and oxygen atoms in total. The third-order valence-corrected chi connectivity index (χ3v) is 9.54. The predicted octanol–water partition coefficient (Wildman–Crippen LogP) is 1.98. The van der Waals surface area contributed by atoms with Gasteiger partial charge in [0, 0.05) is 50.3 Å². The molecule has 3 aliphatic carbocycles. The number of carbonyl (C=O) groups excluding carboxylic acids is 5. The molecule has 3 aliphatic rings. The SMILES string of the molecule is CC(C)[C@@H]1C(=O)C(C(N)=O)C(=O)[C@@]2(O)C(=O)C3C(=O)c4c(O)c(CNCc5cc(F)c(F)c(F)c5)cc(N(C)C)c4C[C@H]3C[C@@H]12. The number of phenols is 1. The third kappa shape index (κ3) is 4.92. The number of carbonyl (C=O) groups is 5. The van der Waals surface area contributed by atoms with Crippen molar-refractivity contribution in [3.8, 4) is 5.75 Å². The minimum absolute atomic E-state index is 0.0361. The van der Waals surface area contributed by atoms with Crippen molar-refractivity contribution in [3.63, 3.8) is 0 Å². The summed E-state index contributed by atoms with van der Waals surface area (Å²) in [7, 11) is 3.43. The molecule has 0 spiro atoms. The molecule has 0 bridgehead atoms. The summed E-state index contributed by atoms with van der Waals surface area (Å²) in [6, 6.07) is 3.28. The van der Waals surface area contributed by atoms with Crippen LogP contribution in [-0.4, -0.2) is 58.9 Å². The van der Waals surface area contributed by atoms with E-state index in [1.165, 1.54) is 0 Å². The summed E-state index contributed by atoms with van der Waals surface area (Å²) < 4.78 is 40.7. The number of phenolic OH excluding ortho intramolecular Hbond substituents is 1. The Morgan fingerprint density at radius 3 is 2.24 bits per heavy atom. The second-order valence-electron chi connectivity index (χ2n) is 12.8. The van der Waals surface area contributed by atoms with Gasteiger partial charge >= 0.3 is 0 Å². The van der Waals surface area contributed by atoms with Gasteiger partial charge in [-0.05, 0) is 54.0 Å². The Hall–Kier alpha value is -4.10. The molecule has 2 aromatic carbocycles. The minimum Gasteiger partial charge on any atom is -0.507 e. The van der Waals surface area contributed by atoms with Crippen molar-refractivity contribution < 1.29 is 47.4 Å². The van der Waals surface area contributed by atoms with Crippen LogP contribution in [0, 0.1) is 53.0 Å². The second kappa shape index (κ2) is 11.4. The fraction of sp³-hybridized carbons (Fsp3) is 0.469. The van der Waals surface area contributed by atoms with E-state index in [0.717, 1.165) is 12.1 Å². The zero-order valence-corrected chi connectivity index (χ0v) is 25.1. The van der Waals surface area contributed by atoms with Crippen LogP contribution in [0.15, 0.2) is 18.2 Å². The van der Waals surface area contributed by atoms with Gasteiger partial charge in [-0.25, -0.2) is 13.2 Å². The smallest absolute Gasteiger partial charge is 0.235 e. The van der Waals surface area contributed by atoms with E-state index in [0.29, 0.717) is 11.3 Å². The highest BCUT2D eigenvalue weighted by Crippen LogP contribution is 2.54. The number of hydrogen-bond donors (Lipinski definition) is 4. The number of ketones is 4. The maximum atomic E-state index is 14.1. The molecule has 5 N–H and O–H groups in total. The van der Waals surface area contributed by atoms with Gasteiger partial charge in [-0.2, -0.15) is 0 Å². The number of nitrogens with zero attached hydrogens (tertiary/aromatic N) is 1. The molecule has 45 heavy (non-hydrogen) atoms.